The largest absolute Gasteiger partial charge is 0.361 e. The molecule has 190 valence electrons. The number of aryl methyl sites for hydroxylation is 2. The van der Waals surface area contributed by atoms with Crippen molar-refractivity contribution < 1.29 is 18.1 Å². The van der Waals surface area contributed by atoms with Gasteiger partial charge in [0.15, 0.2) is 11.6 Å². The molecule has 0 saturated carbocycles. The molecule has 2 aliphatic heterocycles. The van der Waals surface area contributed by atoms with Gasteiger partial charge in [-0.2, -0.15) is 0 Å². The zero-order chi connectivity index (χ0) is 25.7. The highest BCUT2D eigenvalue weighted by Gasteiger charge is 2.35. The number of nitrogens with zero attached hydrogens (tertiary/aromatic N) is 4. The highest BCUT2D eigenvalue weighted by atomic mass is 19.2. The molecule has 0 unspecified atom stereocenters. The number of anilines is 1. The van der Waals surface area contributed by atoms with Gasteiger partial charge in [-0.05, 0) is 75.1 Å². The average Bonchev–Trinajstić information content (AvgIpc) is 3.44. The number of imidazole rings is 1. The number of carbonyl (C=O) groups excluding carboxylic acids is 1. The van der Waals surface area contributed by atoms with Gasteiger partial charge in [0, 0.05) is 36.5 Å². The van der Waals surface area contributed by atoms with Gasteiger partial charge >= 0.3 is 0 Å². The summed E-state index contributed by atoms with van der Waals surface area (Å²) in [6.45, 7) is 5.37. The molecular formula is C28H27F2N5O2. The number of nitrogens with one attached hydrogen (secondary N) is 1. The van der Waals surface area contributed by atoms with Crippen LogP contribution in [0.15, 0.2) is 47.1 Å². The predicted molar refractivity (Wildman–Crippen MR) is 136 cm³/mol. The Hall–Kier alpha value is -3.85. The van der Waals surface area contributed by atoms with Crippen LogP contribution in [0, 0.1) is 25.5 Å². The summed E-state index contributed by atoms with van der Waals surface area (Å²) in [6, 6.07) is 7.23. The first-order valence-corrected chi connectivity index (χ1v) is 12.5. The summed E-state index contributed by atoms with van der Waals surface area (Å²) in [4.78, 5) is 19.9. The van der Waals surface area contributed by atoms with E-state index < -0.39 is 17.7 Å². The van der Waals surface area contributed by atoms with Crippen LogP contribution in [0.3, 0.4) is 0 Å². The molecule has 1 atom stereocenters. The molecule has 5 heterocycles. The van der Waals surface area contributed by atoms with Gasteiger partial charge in [0.05, 0.1) is 23.1 Å². The molecule has 3 aromatic heterocycles. The topological polar surface area (TPSA) is 75.7 Å². The maximum absolute atomic E-state index is 14.2. The van der Waals surface area contributed by atoms with E-state index in [9.17, 15) is 13.6 Å². The molecule has 4 aromatic rings. The molecule has 0 aliphatic carbocycles. The van der Waals surface area contributed by atoms with Gasteiger partial charge in [0.2, 0.25) is 5.91 Å². The van der Waals surface area contributed by atoms with E-state index in [0.717, 1.165) is 70.3 Å². The SMILES string of the molecule is Cc1noc(C)c1-c1ccn2c(C3=CCCNC3)c([C@@H]3CCCC(=O)N3c3ccc(F)c(F)c3)nc2c1. The Balaban J connectivity index is 1.54. The normalized spacial score (nSPS) is 18.5. The van der Waals surface area contributed by atoms with Crippen molar-refractivity contribution >= 4 is 22.8 Å². The number of hydrogen-bond acceptors (Lipinski definition) is 5. The monoisotopic (exact) mass is 503 g/mol. The number of benzene rings is 1. The predicted octanol–water partition coefficient (Wildman–Crippen LogP) is 5.52. The molecular weight excluding hydrogens is 476 g/mol. The average molecular weight is 504 g/mol. The lowest BCUT2D eigenvalue weighted by molar-refractivity contribution is -0.120. The smallest absolute Gasteiger partial charge is 0.227 e. The van der Waals surface area contributed by atoms with Gasteiger partial charge in [-0.3, -0.25) is 9.20 Å². The van der Waals surface area contributed by atoms with Crippen molar-refractivity contribution in [3.63, 3.8) is 0 Å². The molecule has 1 fully saturated rings. The van der Waals surface area contributed by atoms with Crippen molar-refractivity contribution in [2.75, 3.05) is 18.0 Å². The molecule has 6 rings (SSSR count). The number of piperidine rings is 1. The zero-order valence-electron chi connectivity index (χ0n) is 20.7. The highest BCUT2D eigenvalue weighted by Crippen LogP contribution is 2.40. The van der Waals surface area contributed by atoms with Gasteiger partial charge in [0.1, 0.15) is 11.4 Å². The van der Waals surface area contributed by atoms with Crippen LogP contribution in [0.4, 0.5) is 14.5 Å². The second kappa shape index (κ2) is 9.23. The van der Waals surface area contributed by atoms with E-state index in [-0.39, 0.29) is 5.91 Å². The number of halogens is 2. The number of pyridine rings is 1. The van der Waals surface area contributed by atoms with Crippen molar-refractivity contribution in [2.24, 2.45) is 0 Å². The number of fused-ring (bicyclic) bond motifs is 1. The minimum absolute atomic E-state index is 0.127. The highest BCUT2D eigenvalue weighted by molar-refractivity contribution is 5.95. The summed E-state index contributed by atoms with van der Waals surface area (Å²) in [5.74, 6) is -1.32. The van der Waals surface area contributed by atoms with Crippen LogP contribution in [0.5, 0.6) is 0 Å². The second-order valence-electron chi connectivity index (χ2n) is 9.65. The lowest BCUT2D eigenvalue weighted by Gasteiger charge is -2.35. The number of aromatic nitrogens is 3. The first kappa shape index (κ1) is 23.5. The summed E-state index contributed by atoms with van der Waals surface area (Å²) in [5.41, 5.74) is 6.53. The summed E-state index contributed by atoms with van der Waals surface area (Å²) in [6.07, 6.45) is 6.79. The third-order valence-electron chi connectivity index (χ3n) is 7.25. The Kier molecular flexibility index (Phi) is 5.87. The maximum atomic E-state index is 14.2. The van der Waals surface area contributed by atoms with Crippen LogP contribution in [-0.2, 0) is 4.79 Å². The van der Waals surface area contributed by atoms with Crippen molar-refractivity contribution in [3.05, 3.63) is 77.1 Å². The zero-order valence-corrected chi connectivity index (χ0v) is 20.7. The van der Waals surface area contributed by atoms with Gasteiger partial charge in [-0.1, -0.05) is 11.2 Å². The van der Waals surface area contributed by atoms with E-state index >= 15 is 0 Å². The van der Waals surface area contributed by atoms with E-state index in [1.165, 1.54) is 6.07 Å². The molecule has 0 bridgehead atoms. The summed E-state index contributed by atoms with van der Waals surface area (Å²) in [5, 5.41) is 7.52. The lowest BCUT2D eigenvalue weighted by Crippen LogP contribution is -2.39. The summed E-state index contributed by atoms with van der Waals surface area (Å²) >= 11 is 0. The van der Waals surface area contributed by atoms with Crippen LogP contribution in [0.1, 0.15) is 54.6 Å². The second-order valence-corrected chi connectivity index (χ2v) is 9.65. The van der Waals surface area contributed by atoms with Crippen LogP contribution < -0.4 is 10.2 Å². The minimum Gasteiger partial charge on any atom is -0.361 e. The molecule has 9 heteroatoms. The molecule has 1 saturated heterocycles. The van der Waals surface area contributed by atoms with Crippen LogP contribution in [0.2, 0.25) is 0 Å². The number of rotatable bonds is 4. The first-order chi connectivity index (χ1) is 17.9. The van der Waals surface area contributed by atoms with Crippen LogP contribution >= 0.6 is 0 Å². The molecule has 0 spiro atoms. The molecule has 1 N–H and O–H groups in total. The van der Waals surface area contributed by atoms with Crippen molar-refractivity contribution in [1.29, 1.82) is 0 Å². The fourth-order valence-corrected chi connectivity index (χ4v) is 5.58. The lowest BCUT2D eigenvalue weighted by atomic mass is 9.94. The number of hydrogen-bond donors (Lipinski definition) is 1. The first-order valence-electron chi connectivity index (χ1n) is 12.5. The molecule has 0 radical (unpaired) electrons. The molecule has 1 aromatic carbocycles. The Bertz CT molecular complexity index is 1530. The van der Waals surface area contributed by atoms with Crippen LogP contribution in [0.25, 0.3) is 22.3 Å². The molecule has 1 amide bonds. The number of amides is 1. The fraction of sp³-hybridized carbons (Fsp3) is 0.321. The Morgan fingerprint density at radius 1 is 1.14 bits per heavy atom. The van der Waals surface area contributed by atoms with Crippen molar-refractivity contribution in [2.45, 2.75) is 45.6 Å². The van der Waals surface area contributed by atoms with E-state index in [0.29, 0.717) is 31.5 Å². The minimum atomic E-state index is -0.979. The van der Waals surface area contributed by atoms with E-state index in [1.807, 2.05) is 32.2 Å². The molecule has 7 nitrogen and oxygen atoms in total. The van der Waals surface area contributed by atoms with Gasteiger partial charge in [-0.15, -0.1) is 0 Å². The molecule has 37 heavy (non-hydrogen) atoms. The third kappa shape index (κ3) is 4.03. The molecule has 2 aliphatic rings. The van der Waals surface area contributed by atoms with E-state index in [1.54, 1.807) is 4.90 Å². The van der Waals surface area contributed by atoms with Crippen molar-refractivity contribution in [1.82, 2.24) is 19.9 Å². The summed E-state index contributed by atoms with van der Waals surface area (Å²) < 4.78 is 35.4. The summed E-state index contributed by atoms with van der Waals surface area (Å²) in [7, 11) is 0. The van der Waals surface area contributed by atoms with E-state index in [2.05, 4.69) is 21.0 Å². The van der Waals surface area contributed by atoms with Crippen LogP contribution in [-0.4, -0.2) is 33.5 Å². The quantitative estimate of drug-likeness (QED) is 0.397. The standard InChI is InChI=1S/C28H27F2N5O2/c1-16-26(17(2)37-33-16)18-10-12-34-24(13-18)32-27(28(34)19-5-4-11-31-15-19)23-6-3-7-25(36)35(23)20-8-9-21(29)22(30)14-20/h5,8-10,12-14,23,31H,3-4,6-7,11,15H2,1-2H3/t23-/m0/s1. The van der Waals surface area contributed by atoms with Gasteiger partial charge in [0.25, 0.3) is 0 Å². The Morgan fingerprint density at radius 3 is 2.73 bits per heavy atom. The fourth-order valence-electron chi connectivity index (χ4n) is 5.58. The number of carbonyl (C=O) groups is 1. The van der Waals surface area contributed by atoms with Gasteiger partial charge < -0.3 is 14.7 Å². The Morgan fingerprint density at radius 2 is 2.00 bits per heavy atom. The maximum Gasteiger partial charge on any atom is 0.227 e. The third-order valence-corrected chi connectivity index (χ3v) is 7.25. The van der Waals surface area contributed by atoms with E-state index in [4.69, 9.17) is 9.51 Å². The Labute approximate surface area is 212 Å². The van der Waals surface area contributed by atoms with Gasteiger partial charge in [-0.25, -0.2) is 13.8 Å². The van der Waals surface area contributed by atoms with Crippen molar-refractivity contribution in [3.8, 4) is 11.1 Å².